The Labute approximate surface area is 121 Å². The van der Waals surface area contributed by atoms with Gasteiger partial charge in [-0.2, -0.15) is 0 Å². The highest BCUT2D eigenvalue weighted by Crippen LogP contribution is 2.27. The number of carbonyl (C=O) groups excluding carboxylic acids is 1. The summed E-state index contributed by atoms with van der Waals surface area (Å²) in [5.41, 5.74) is 1.74. The summed E-state index contributed by atoms with van der Waals surface area (Å²) in [6.07, 6.45) is -1.18. The first-order valence-corrected chi connectivity index (χ1v) is 7.14. The minimum absolute atomic E-state index is 0.0342. The van der Waals surface area contributed by atoms with Crippen molar-refractivity contribution in [3.05, 3.63) is 29.3 Å². The molecule has 1 aromatic carbocycles. The lowest BCUT2D eigenvalue weighted by molar-refractivity contribution is -0.137. The van der Waals surface area contributed by atoms with E-state index in [1.54, 1.807) is 18.7 Å². The van der Waals surface area contributed by atoms with Gasteiger partial charge in [0.1, 0.15) is 5.75 Å². The molecule has 112 valence electrons. The van der Waals surface area contributed by atoms with E-state index in [1.165, 1.54) is 0 Å². The first-order chi connectivity index (χ1) is 9.40. The molecule has 4 heteroatoms. The third-order valence-corrected chi connectivity index (χ3v) is 3.35. The molecule has 0 saturated carbocycles. The summed E-state index contributed by atoms with van der Waals surface area (Å²) in [5, 5.41) is 9.77. The van der Waals surface area contributed by atoms with Crippen molar-refractivity contribution >= 4 is 5.91 Å². The van der Waals surface area contributed by atoms with Gasteiger partial charge in [0, 0.05) is 18.7 Å². The number of amides is 1. The predicted octanol–water partition coefficient (Wildman–Crippen LogP) is 2.68. The van der Waals surface area contributed by atoms with E-state index in [0.29, 0.717) is 24.4 Å². The Hall–Kier alpha value is -1.55. The molecule has 0 fully saturated rings. The molecular formula is C16H25NO3. The molecule has 0 radical (unpaired) electrons. The summed E-state index contributed by atoms with van der Waals surface area (Å²) >= 11 is 0. The molecular weight excluding hydrogens is 254 g/mol. The maximum absolute atomic E-state index is 12.2. The third kappa shape index (κ3) is 3.97. The van der Waals surface area contributed by atoms with Gasteiger partial charge in [-0.3, -0.25) is 4.79 Å². The molecule has 0 bridgehead atoms. The van der Waals surface area contributed by atoms with Gasteiger partial charge in [-0.1, -0.05) is 12.1 Å². The standard InChI is InChI=1S/C16H25NO3/c1-6-17(7-2)16(19)13(5)20-15-10-11(3)8-9-14(15)12(4)18/h8-10,12-13,18H,6-7H2,1-5H3/t12-,13?/m0/s1. The van der Waals surface area contributed by atoms with Crippen molar-refractivity contribution in [1.82, 2.24) is 4.90 Å². The van der Waals surface area contributed by atoms with Crippen LogP contribution in [0.5, 0.6) is 5.75 Å². The molecule has 0 saturated heterocycles. The molecule has 1 amide bonds. The number of aryl methyl sites for hydroxylation is 1. The van der Waals surface area contributed by atoms with Crippen molar-refractivity contribution in [2.24, 2.45) is 0 Å². The number of carbonyl (C=O) groups is 1. The van der Waals surface area contributed by atoms with Crippen LogP contribution in [0.3, 0.4) is 0 Å². The fraction of sp³-hybridized carbons (Fsp3) is 0.562. The Morgan fingerprint density at radius 2 is 1.90 bits per heavy atom. The molecule has 0 heterocycles. The van der Waals surface area contributed by atoms with Gasteiger partial charge >= 0.3 is 0 Å². The van der Waals surface area contributed by atoms with Crippen LogP contribution in [-0.4, -0.2) is 35.1 Å². The minimum Gasteiger partial charge on any atom is -0.480 e. The highest BCUT2D eigenvalue weighted by atomic mass is 16.5. The van der Waals surface area contributed by atoms with Crippen molar-refractivity contribution in [1.29, 1.82) is 0 Å². The van der Waals surface area contributed by atoms with E-state index in [4.69, 9.17) is 4.74 Å². The van der Waals surface area contributed by atoms with E-state index < -0.39 is 12.2 Å². The van der Waals surface area contributed by atoms with Crippen LogP contribution in [0.1, 0.15) is 44.9 Å². The molecule has 0 aliphatic carbocycles. The zero-order valence-corrected chi connectivity index (χ0v) is 13.0. The second-order valence-corrected chi connectivity index (χ2v) is 4.99. The van der Waals surface area contributed by atoms with Crippen molar-refractivity contribution in [3.63, 3.8) is 0 Å². The molecule has 0 aliphatic heterocycles. The van der Waals surface area contributed by atoms with Gasteiger partial charge in [0.25, 0.3) is 5.91 Å². The minimum atomic E-state index is -0.624. The van der Waals surface area contributed by atoms with Gasteiger partial charge in [0.2, 0.25) is 0 Å². The Balaban J connectivity index is 2.92. The Morgan fingerprint density at radius 1 is 1.30 bits per heavy atom. The number of aliphatic hydroxyl groups excluding tert-OH is 1. The van der Waals surface area contributed by atoms with Gasteiger partial charge < -0.3 is 14.7 Å². The lowest BCUT2D eigenvalue weighted by atomic mass is 10.1. The predicted molar refractivity (Wildman–Crippen MR) is 79.8 cm³/mol. The van der Waals surface area contributed by atoms with E-state index in [1.807, 2.05) is 39.0 Å². The maximum Gasteiger partial charge on any atom is 0.263 e. The topological polar surface area (TPSA) is 49.8 Å². The number of nitrogens with zero attached hydrogens (tertiary/aromatic N) is 1. The van der Waals surface area contributed by atoms with Crippen molar-refractivity contribution < 1.29 is 14.6 Å². The largest absolute Gasteiger partial charge is 0.480 e. The van der Waals surface area contributed by atoms with Crippen LogP contribution in [-0.2, 0) is 4.79 Å². The quantitative estimate of drug-likeness (QED) is 0.871. The normalized spacial score (nSPS) is 13.7. The summed E-state index contributed by atoms with van der Waals surface area (Å²) in [6, 6.07) is 5.61. The number of rotatable bonds is 6. The Kier molecular flexibility index (Phi) is 6.02. The molecule has 0 aromatic heterocycles. The van der Waals surface area contributed by atoms with Gasteiger partial charge in [0.15, 0.2) is 6.10 Å². The lowest BCUT2D eigenvalue weighted by Crippen LogP contribution is -2.40. The van der Waals surface area contributed by atoms with Crippen LogP contribution < -0.4 is 4.74 Å². The monoisotopic (exact) mass is 279 g/mol. The smallest absolute Gasteiger partial charge is 0.263 e. The number of benzene rings is 1. The van der Waals surface area contributed by atoms with Crippen molar-refractivity contribution in [2.45, 2.75) is 46.8 Å². The molecule has 1 unspecified atom stereocenters. The molecule has 20 heavy (non-hydrogen) atoms. The van der Waals surface area contributed by atoms with Crippen LogP contribution in [0.4, 0.5) is 0 Å². The van der Waals surface area contributed by atoms with Crippen LogP contribution in [0.15, 0.2) is 18.2 Å². The SMILES string of the molecule is CCN(CC)C(=O)C(C)Oc1cc(C)ccc1[C@H](C)O. The summed E-state index contributed by atoms with van der Waals surface area (Å²) in [5.74, 6) is 0.543. The zero-order valence-electron chi connectivity index (χ0n) is 13.0. The second kappa shape index (κ2) is 7.29. The summed E-state index contributed by atoms with van der Waals surface area (Å²) in [4.78, 5) is 14.0. The van der Waals surface area contributed by atoms with Crippen molar-refractivity contribution in [3.8, 4) is 5.75 Å². The second-order valence-electron chi connectivity index (χ2n) is 4.99. The first kappa shape index (κ1) is 16.5. The molecule has 0 spiro atoms. The number of hydrogen-bond donors (Lipinski definition) is 1. The van der Waals surface area contributed by atoms with Crippen molar-refractivity contribution in [2.75, 3.05) is 13.1 Å². The Morgan fingerprint density at radius 3 is 2.40 bits per heavy atom. The molecule has 2 atom stereocenters. The fourth-order valence-corrected chi connectivity index (χ4v) is 2.12. The molecule has 0 aliphatic rings. The maximum atomic E-state index is 12.2. The van der Waals surface area contributed by atoms with E-state index in [2.05, 4.69) is 0 Å². The fourth-order valence-electron chi connectivity index (χ4n) is 2.12. The van der Waals surface area contributed by atoms with E-state index >= 15 is 0 Å². The number of hydrogen-bond acceptors (Lipinski definition) is 3. The highest BCUT2D eigenvalue weighted by Gasteiger charge is 2.21. The number of ether oxygens (including phenoxy) is 1. The van der Waals surface area contributed by atoms with Crippen LogP contribution in [0, 0.1) is 6.92 Å². The molecule has 1 N–H and O–H groups in total. The summed E-state index contributed by atoms with van der Waals surface area (Å²) in [7, 11) is 0. The molecule has 1 rings (SSSR count). The highest BCUT2D eigenvalue weighted by molar-refractivity contribution is 5.80. The van der Waals surface area contributed by atoms with Crippen LogP contribution >= 0.6 is 0 Å². The van der Waals surface area contributed by atoms with Gasteiger partial charge in [-0.05, 0) is 46.2 Å². The van der Waals surface area contributed by atoms with Gasteiger partial charge in [0.05, 0.1) is 6.10 Å². The van der Waals surface area contributed by atoms with Crippen LogP contribution in [0.2, 0.25) is 0 Å². The zero-order chi connectivity index (χ0) is 15.3. The van der Waals surface area contributed by atoms with Gasteiger partial charge in [-0.25, -0.2) is 0 Å². The average Bonchev–Trinajstić information content (AvgIpc) is 2.39. The molecule has 4 nitrogen and oxygen atoms in total. The Bertz CT molecular complexity index is 453. The molecule has 1 aromatic rings. The van der Waals surface area contributed by atoms with Gasteiger partial charge in [-0.15, -0.1) is 0 Å². The van der Waals surface area contributed by atoms with E-state index in [0.717, 1.165) is 5.56 Å². The number of likely N-dealkylation sites (N-methyl/N-ethyl adjacent to an activating group) is 1. The van der Waals surface area contributed by atoms with E-state index in [9.17, 15) is 9.90 Å². The number of aliphatic hydroxyl groups is 1. The summed E-state index contributed by atoms with van der Waals surface area (Å²) < 4.78 is 5.78. The third-order valence-electron chi connectivity index (χ3n) is 3.35. The lowest BCUT2D eigenvalue weighted by Gasteiger charge is -2.24. The summed E-state index contributed by atoms with van der Waals surface area (Å²) in [6.45, 7) is 10.6. The first-order valence-electron chi connectivity index (χ1n) is 7.14. The van der Waals surface area contributed by atoms with E-state index in [-0.39, 0.29) is 5.91 Å². The van der Waals surface area contributed by atoms with Crippen LogP contribution in [0.25, 0.3) is 0 Å². The average molecular weight is 279 g/mol.